The Labute approximate surface area is 202 Å². The fraction of sp³-hybridized carbons (Fsp3) is 0.643. The molecule has 5 rings (SSSR count). The van der Waals surface area contributed by atoms with Crippen molar-refractivity contribution in [2.45, 2.75) is 83.0 Å². The van der Waals surface area contributed by atoms with E-state index in [2.05, 4.69) is 56.2 Å². The van der Waals surface area contributed by atoms with Crippen molar-refractivity contribution in [3.05, 3.63) is 39.7 Å². The van der Waals surface area contributed by atoms with Crippen LogP contribution in [0.15, 0.2) is 23.6 Å². The summed E-state index contributed by atoms with van der Waals surface area (Å²) >= 11 is 1.83. The Kier molecular flexibility index (Phi) is 6.15. The number of carbonyl (C=O) groups excluding carboxylic acids is 1. The number of cyclic esters (lactones) is 1. The molecule has 3 aliphatic rings. The summed E-state index contributed by atoms with van der Waals surface area (Å²) in [7, 11) is 0. The second-order valence-corrected chi connectivity index (χ2v) is 12.5. The predicted molar refractivity (Wildman–Crippen MR) is 135 cm³/mol. The molecule has 2 aromatic rings. The van der Waals surface area contributed by atoms with E-state index in [1.54, 1.807) is 0 Å². The first-order valence-corrected chi connectivity index (χ1v) is 13.6. The molecular formula is C28H38N2O2S. The fourth-order valence-electron chi connectivity index (χ4n) is 5.90. The molecule has 2 fully saturated rings. The molecule has 1 unspecified atom stereocenters. The molecule has 2 aliphatic heterocycles. The van der Waals surface area contributed by atoms with Crippen LogP contribution in [0.2, 0.25) is 0 Å². The molecule has 0 saturated carbocycles. The molecule has 5 heteroatoms. The van der Waals surface area contributed by atoms with Crippen LogP contribution in [0, 0.1) is 5.92 Å². The van der Waals surface area contributed by atoms with Crippen molar-refractivity contribution in [1.29, 1.82) is 0 Å². The summed E-state index contributed by atoms with van der Waals surface area (Å²) in [5.41, 5.74) is 5.90. The van der Waals surface area contributed by atoms with Gasteiger partial charge in [0, 0.05) is 16.9 Å². The topological polar surface area (TPSA) is 42.4 Å². The Morgan fingerprint density at radius 3 is 2.48 bits per heavy atom. The highest BCUT2D eigenvalue weighted by Crippen LogP contribution is 2.47. The zero-order chi connectivity index (χ0) is 23.2. The summed E-state index contributed by atoms with van der Waals surface area (Å²) in [5, 5.41) is 3.55. The zero-order valence-electron chi connectivity index (χ0n) is 20.7. The summed E-state index contributed by atoms with van der Waals surface area (Å²) in [6.45, 7) is 13.4. The molecule has 2 saturated heterocycles. The van der Waals surface area contributed by atoms with Crippen LogP contribution < -0.4 is 0 Å². The van der Waals surface area contributed by atoms with E-state index in [0.717, 1.165) is 51.0 Å². The van der Waals surface area contributed by atoms with E-state index in [9.17, 15) is 4.79 Å². The molecule has 33 heavy (non-hydrogen) atoms. The minimum atomic E-state index is 0.00864. The maximum absolute atomic E-state index is 11.7. The summed E-state index contributed by atoms with van der Waals surface area (Å²) in [5.74, 6) is 0.690. The zero-order valence-corrected chi connectivity index (χ0v) is 21.5. The van der Waals surface area contributed by atoms with Crippen LogP contribution in [0.4, 0.5) is 0 Å². The van der Waals surface area contributed by atoms with Gasteiger partial charge in [-0.15, -0.1) is 11.3 Å². The number of nitrogens with zero attached hydrogens (tertiary/aromatic N) is 2. The predicted octanol–water partition coefficient (Wildman–Crippen LogP) is 6.29. The number of hydrogen-bond donors (Lipinski definition) is 0. The van der Waals surface area contributed by atoms with E-state index < -0.39 is 0 Å². The first-order valence-electron chi connectivity index (χ1n) is 12.7. The minimum absolute atomic E-state index is 0.00864. The van der Waals surface area contributed by atoms with E-state index in [1.165, 1.54) is 34.5 Å². The van der Waals surface area contributed by atoms with Gasteiger partial charge >= 0.3 is 5.97 Å². The van der Waals surface area contributed by atoms with E-state index >= 15 is 0 Å². The highest BCUT2D eigenvalue weighted by Gasteiger charge is 2.37. The lowest BCUT2D eigenvalue weighted by Gasteiger charge is -2.42. The van der Waals surface area contributed by atoms with Gasteiger partial charge in [-0.25, -0.2) is 4.98 Å². The minimum Gasteiger partial charge on any atom is -0.465 e. The Morgan fingerprint density at radius 2 is 1.79 bits per heavy atom. The molecule has 0 N–H and O–H groups in total. The SMILES string of the molecule is CC1(C)CCC(C)(C)c2cc(-c3csc(C4CCN(CCC5CCOC5=O)CC4)n3)ccc21. The number of aromatic nitrogens is 1. The molecule has 3 heterocycles. The number of likely N-dealkylation sites (tertiary alicyclic amines) is 1. The first kappa shape index (κ1) is 23.0. The summed E-state index contributed by atoms with van der Waals surface area (Å²) in [6.07, 6.45) is 6.64. The average molecular weight is 467 g/mol. The van der Waals surface area contributed by atoms with Gasteiger partial charge in [0.15, 0.2) is 0 Å². The van der Waals surface area contributed by atoms with Crippen LogP contribution in [0.3, 0.4) is 0 Å². The van der Waals surface area contributed by atoms with Crippen LogP contribution >= 0.6 is 11.3 Å². The molecule has 1 atom stereocenters. The molecule has 1 aromatic carbocycles. The Balaban J connectivity index is 1.24. The smallest absolute Gasteiger partial charge is 0.309 e. The molecule has 178 valence electrons. The van der Waals surface area contributed by atoms with Crippen molar-refractivity contribution in [1.82, 2.24) is 9.88 Å². The Morgan fingerprint density at radius 1 is 1.06 bits per heavy atom. The van der Waals surface area contributed by atoms with Crippen LogP contribution in [-0.2, 0) is 20.4 Å². The third kappa shape index (κ3) is 4.64. The number of carbonyl (C=O) groups is 1. The Hall–Kier alpha value is -1.72. The van der Waals surface area contributed by atoms with E-state index in [1.807, 2.05) is 11.3 Å². The van der Waals surface area contributed by atoms with Gasteiger partial charge in [-0.05, 0) is 86.2 Å². The van der Waals surface area contributed by atoms with Gasteiger partial charge in [0.2, 0.25) is 0 Å². The number of rotatable bonds is 5. The lowest BCUT2D eigenvalue weighted by molar-refractivity contribution is -0.141. The van der Waals surface area contributed by atoms with Crippen molar-refractivity contribution >= 4 is 17.3 Å². The molecule has 0 bridgehead atoms. The number of ether oxygens (including phenoxy) is 1. The molecule has 1 aromatic heterocycles. The average Bonchev–Trinajstić information content (AvgIpc) is 3.45. The van der Waals surface area contributed by atoms with Gasteiger partial charge in [-0.2, -0.15) is 0 Å². The molecular weight excluding hydrogens is 428 g/mol. The number of fused-ring (bicyclic) bond motifs is 1. The second kappa shape index (κ2) is 8.81. The first-order chi connectivity index (χ1) is 15.7. The maximum Gasteiger partial charge on any atom is 0.309 e. The summed E-state index contributed by atoms with van der Waals surface area (Å²) in [6, 6.07) is 7.08. The van der Waals surface area contributed by atoms with Gasteiger partial charge in [0.05, 0.1) is 23.2 Å². The third-order valence-electron chi connectivity index (χ3n) is 8.45. The molecule has 0 radical (unpaired) electrons. The lowest BCUT2D eigenvalue weighted by Crippen LogP contribution is -2.34. The van der Waals surface area contributed by atoms with Gasteiger partial charge in [-0.1, -0.05) is 39.8 Å². The van der Waals surface area contributed by atoms with Crippen LogP contribution in [0.5, 0.6) is 0 Å². The number of hydrogen-bond acceptors (Lipinski definition) is 5. The molecule has 0 amide bonds. The van der Waals surface area contributed by atoms with Crippen LogP contribution in [0.25, 0.3) is 11.3 Å². The third-order valence-corrected chi connectivity index (χ3v) is 9.45. The van der Waals surface area contributed by atoms with Crippen molar-refractivity contribution in [2.24, 2.45) is 5.92 Å². The fourth-order valence-corrected chi connectivity index (χ4v) is 6.90. The van der Waals surface area contributed by atoms with Crippen molar-refractivity contribution in [3.8, 4) is 11.3 Å². The van der Waals surface area contributed by atoms with Crippen LogP contribution in [-0.4, -0.2) is 42.1 Å². The Bertz CT molecular complexity index is 1020. The molecule has 0 spiro atoms. The lowest BCUT2D eigenvalue weighted by atomic mass is 9.63. The maximum atomic E-state index is 11.7. The largest absolute Gasteiger partial charge is 0.465 e. The van der Waals surface area contributed by atoms with E-state index in [-0.39, 0.29) is 22.7 Å². The number of piperidine rings is 1. The quantitative estimate of drug-likeness (QED) is 0.486. The van der Waals surface area contributed by atoms with Gasteiger partial charge in [-0.3, -0.25) is 4.79 Å². The van der Waals surface area contributed by atoms with Gasteiger partial charge < -0.3 is 9.64 Å². The normalized spacial score (nSPS) is 25.1. The van der Waals surface area contributed by atoms with Crippen molar-refractivity contribution < 1.29 is 9.53 Å². The second-order valence-electron chi connectivity index (χ2n) is 11.7. The van der Waals surface area contributed by atoms with Crippen molar-refractivity contribution in [2.75, 3.05) is 26.2 Å². The van der Waals surface area contributed by atoms with Gasteiger partial charge in [0.1, 0.15) is 0 Å². The monoisotopic (exact) mass is 466 g/mol. The summed E-state index contributed by atoms with van der Waals surface area (Å²) in [4.78, 5) is 19.3. The highest BCUT2D eigenvalue weighted by molar-refractivity contribution is 7.10. The highest BCUT2D eigenvalue weighted by atomic mass is 32.1. The number of thiazole rings is 1. The number of benzene rings is 1. The van der Waals surface area contributed by atoms with E-state index in [0.29, 0.717) is 12.5 Å². The standard InChI is InChI=1S/C28H38N2O2S/c1-27(2)11-12-28(3,4)23-17-21(5-6-22(23)27)24-18-33-25(29-24)19-7-13-30(14-8-19)15-9-20-10-16-32-26(20)31/h5-6,17-20H,7-16H2,1-4H3. The van der Waals surface area contributed by atoms with E-state index in [4.69, 9.17) is 9.72 Å². The summed E-state index contributed by atoms with van der Waals surface area (Å²) < 4.78 is 5.11. The van der Waals surface area contributed by atoms with Crippen LogP contribution in [0.1, 0.15) is 88.3 Å². The molecule has 1 aliphatic carbocycles. The number of esters is 1. The van der Waals surface area contributed by atoms with Gasteiger partial charge in [0.25, 0.3) is 0 Å². The van der Waals surface area contributed by atoms with Crippen molar-refractivity contribution in [3.63, 3.8) is 0 Å². The molecule has 4 nitrogen and oxygen atoms in total.